The van der Waals surface area contributed by atoms with Crippen LogP contribution in [0.3, 0.4) is 0 Å². The SMILES string of the molecule is Nc1ccc(N2[C@@H]3CC[C@H]2C[C@@H](NC(=O)C2(c4ccc(Cl)cc4)CC2)C3)nc1. The quantitative estimate of drug-likeness (QED) is 0.827. The van der Waals surface area contributed by atoms with Crippen LogP contribution in [0.25, 0.3) is 0 Å². The lowest BCUT2D eigenvalue weighted by Crippen LogP contribution is -2.52. The van der Waals surface area contributed by atoms with Crippen molar-refractivity contribution in [3.05, 3.63) is 53.2 Å². The Hall–Kier alpha value is -2.27. The van der Waals surface area contributed by atoms with Crippen LogP contribution in [0.4, 0.5) is 11.5 Å². The molecule has 1 aromatic heterocycles. The number of carbonyl (C=O) groups is 1. The van der Waals surface area contributed by atoms with Crippen molar-refractivity contribution in [1.82, 2.24) is 10.3 Å². The highest BCUT2D eigenvalue weighted by molar-refractivity contribution is 6.30. The summed E-state index contributed by atoms with van der Waals surface area (Å²) < 4.78 is 0. The molecule has 3 N–H and O–H groups in total. The molecule has 28 heavy (non-hydrogen) atoms. The van der Waals surface area contributed by atoms with Crippen LogP contribution >= 0.6 is 11.6 Å². The van der Waals surface area contributed by atoms with E-state index in [1.54, 1.807) is 6.20 Å². The molecule has 1 aliphatic carbocycles. The van der Waals surface area contributed by atoms with Gasteiger partial charge in [-0.05, 0) is 68.4 Å². The molecule has 2 bridgehead atoms. The average Bonchev–Trinajstić information content (AvgIpc) is 3.45. The third-order valence-corrected chi connectivity index (χ3v) is 6.94. The second kappa shape index (κ2) is 6.66. The Labute approximate surface area is 170 Å². The lowest BCUT2D eigenvalue weighted by molar-refractivity contribution is -0.124. The molecule has 3 aliphatic rings. The van der Waals surface area contributed by atoms with Crippen LogP contribution in [-0.4, -0.2) is 29.0 Å². The third-order valence-electron chi connectivity index (χ3n) is 6.69. The van der Waals surface area contributed by atoms with Crippen molar-refractivity contribution in [2.24, 2.45) is 0 Å². The number of hydrogen-bond acceptors (Lipinski definition) is 4. The van der Waals surface area contributed by atoms with E-state index in [0.717, 1.165) is 49.9 Å². The van der Waals surface area contributed by atoms with Gasteiger partial charge < -0.3 is 16.0 Å². The van der Waals surface area contributed by atoms with Crippen molar-refractivity contribution in [1.29, 1.82) is 0 Å². The standard InChI is InChI=1S/C22H25ClN4O/c23-15-3-1-14(2-4-15)22(9-10-22)21(28)26-17-11-18-6-7-19(12-17)27(18)20-8-5-16(24)13-25-20/h1-5,8,13,17-19H,6-7,9-12,24H2,(H,26,28)/t17-,18+,19-. The number of rotatable bonds is 4. The molecule has 2 aromatic rings. The number of hydrogen-bond donors (Lipinski definition) is 2. The van der Waals surface area contributed by atoms with Crippen molar-refractivity contribution < 1.29 is 4.79 Å². The summed E-state index contributed by atoms with van der Waals surface area (Å²) in [5, 5.41) is 4.09. The number of pyridine rings is 1. The molecule has 1 saturated carbocycles. The first kappa shape index (κ1) is 17.8. The number of benzene rings is 1. The van der Waals surface area contributed by atoms with Gasteiger partial charge in [-0.25, -0.2) is 4.98 Å². The van der Waals surface area contributed by atoms with Crippen LogP contribution in [0, 0.1) is 0 Å². The Bertz CT molecular complexity index is 864. The highest BCUT2D eigenvalue weighted by atomic mass is 35.5. The Morgan fingerprint density at radius 2 is 1.79 bits per heavy atom. The largest absolute Gasteiger partial charge is 0.397 e. The topological polar surface area (TPSA) is 71.2 Å². The van der Waals surface area contributed by atoms with E-state index in [0.29, 0.717) is 22.8 Å². The fourth-order valence-corrected chi connectivity index (χ4v) is 5.21. The first-order valence-corrected chi connectivity index (χ1v) is 10.5. The van der Waals surface area contributed by atoms with Crippen LogP contribution in [0.5, 0.6) is 0 Å². The van der Waals surface area contributed by atoms with Crippen LogP contribution in [0.1, 0.15) is 44.1 Å². The fraction of sp³-hybridized carbons (Fsp3) is 0.455. The summed E-state index contributed by atoms with van der Waals surface area (Å²) in [6, 6.07) is 12.8. The first-order chi connectivity index (χ1) is 13.5. The zero-order valence-corrected chi connectivity index (χ0v) is 16.5. The van der Waals surface area contributed by atoms with Crippen molar-refractivity contribution in [3.63, 3.8) is 0 Å². The van der Waals surface area contributed by atoms with Crippen molar-refractivity contribution >= 4 is 29.0 Å². The molecule has 1 amide bonds. The molecule has 0 radical (unpaired) electrons. The number of nitrogen functional groups attached to an aromatic ring is 1. The summed E-state index contributed by atoms with van der Waals surface area (Å²) in [5.74, 6) is 1.18. The van der Waals surface area contributed by atoms with Gasteiger partial charge in [0.15, 0.2) is 0 Å². The fourth-order valence-electron chi connectivity index (χ4n) is 5.08. The van der Waals surface area contributed by atoms with E-state index in [2.05, 4.69) is 15.2 Å². The second-order valence-electron chi connectivity index (χ2n) is 8.47. The van der Waals surface area contributed by atoms with Gasteiger partial charge in [0.05, 0.1) is 17.3 Å². The molecule has 2 aliphatic heterocycles. The number of aromatic nitrogens is 1. The van der Waals surface area contributed by atoms with Gasteiger partial charge in [-0.2, -0.15) is 0 Å². The zero-order chi connectivity index (χ0) is 19.3. The number of carbonyl (C=O) groups excluding carboxylic acids is 1. The van der Waals surface area contributed by atoms with E-state index >= 15 is 0 Å². The molecule has 2 saturated heterocycles. The summed E-state index contributed by atoms with van der Waals surface area (Å²) >= 11 is 6.01. The molecule has 0 spiro atoms. The van der Waals surface area contributed by atoms with Gasteiger partial charge in [-0.15, -0.1) is 0 Å². The van der Waals surface area contributed by atoms with E-state index < -0.39 is 0 Å². The van der Waals surface area contributed by atoms with Gasteiger partial charge in [-0.1, -0.05) is 23.7 Å². The molecule has 3 heterocycles. The molecule has 0 unspecified atom stereocenters. The molecular formula is C22H25ClN4O. The minimum atomic E-state index is -0.348. The number of piperidine rings is 1. The Balaban J connectivity index is 1.27. The molecule has 5 rings (SSSR count). The number of nitrogens with two attached hydrogens (primary N) is 1. The van der Waals surface area contributed by atoms with Crippen LogP contribution < -0.4 is 16.0 Å². The Morgan fingerprint density at radius 3 is 2.36 bits per heavy atom. The van der Waals surface area contributed by atoms with Crippen molar-refractivity contribution in [2.45, 2.75) is 62.1 Å². The Kier molecular flexibility index (Phi) is 4.23. The zero-order valence-electron chi connectivity index (χ0n) is 15.8. The molecule has 6 heteroatoms. The number of anilines is 2. The predicted molar refractivity (Wildman–Crippen MR) is 111 cm³/mol. The van der Waals surface area contributed by atoms with Crippen LogP contribution in [0.2, 0.25) is 5.02 Å². The number of nitrogens with zero attached hydrogens (tertiary/aromatic N) is 2. The lowest BCUT2D eigenvalue weighted by Gasteiger charge is -2.40. The van der Waals surface area contributed by atoms with Gasteiger partial charge in [0.1, 0.15) is 5.82 Å². The molecule has 146 valence electrons. The van der Waals surface area contributed by atoms with Crippen molar-refractivity contribution in [2.75, 3.05) is 10.6 Å². The smallest absolute Gasteiger partial charge is 0.230 e. The van der Waals surface area contributed by atoms with Gasteiger partial charge in [0.25, 0.3) is 0 Å². The van der Waals surface area contributed by atoms with Gasteiger partial charge in [0, 0.05) is 23.1 Å². The normalized spacial score (nSPS) is 27.5. The van der Waals surface area contributed by atoms with E-state index in [1.165, 1.54) is 0 Å². The average molecular weight is 397 g/mol. The molecule has 3 atom stereocenters. The van der Waals surface area contributed by atoms with Gasteiger partial charge in [-0.3, -0.25) is 4.79 Å². The number of fused-ring (bicyclic) bond motifs is 2. The maximum absolute atomic E-state index is 13.1. The van der Waals surface area contributed by atoms with Crippen LogP contribution in [-0.2, 0) is 10.2 Å². The van der Waals surface area contributed by atoms with Crippen molar-refractivity contribution in [3.8, 4) is 0 Å². The molecular weight excluding hydrogens is 372 g/mol. The summed E-state index contributed by atoms with van der Waals surface area (Å²) in [6.07, 6.45) is 7.83. The highest BCUT2D eigenvalue weighted by Gasteiger charge is 2.52. The van der Waals surface area contributed by atoms with E-state index in [4.69, 9.17) is 17.3 Å². The molecule has 3 fully saturated rings. The summed E-state index contributed by atoms with van der Waals surface area (Å²) in [6.45, 7) is 0. The lowest BCUT2D eigenvalue weighted by atomic mass is 9.92. The van der Waals surface area contributed by atoms with Crippen LogP contribution in [0.15, 0.2) is 42.6 Å². The van der Waals surface area contributed by atoms with Gasteiger partial charge >= 0.3 is 0 Å². The Morgan fingerprint density at radius 1 is 1.11 bits per heavy atom. The first-order valence-electron chi connectivity index (χ1n) is 10.1. The number of amides is 1. The predicted octanol–water partition coefficient (Wildman–Crippen LogP) is 3.67. The molecule has 5 nitrogen and oxygen atoms in total. The summed E-state index contributed by atoms with van der Waals surface area (Å²) in [7, 11) is 0. The van der Waals surface area contributed by atoms with E-state index in [9.17, 15) is 4.79 Å². The van der Waals surface area contributed by atoms with Gasteiger partial charge in [0.2, 0.25) is 5.91 Å². The monoisotopic (exact) mass is 396 g/mol. The molecule has 1 aromatic carbocycles. The maximum Gasteiger partial charge on any atom is 0.230 e. The van der Waals surface area contributed by atoms with E-state index in [-0.39, 0.29) is 17.4 Å². The third kappa shape index (κ3) is 3.02. The summed E-state index contributed by atoms with van der Waals surface area (Å²) in [4.78, 5) is 20.1. The maximum atomic E-state index is 13.1. The minimum absolute atomic E-state index is 0.179. The minimum Gasteiger partial charge on any atom is -0.397 e. The number of halogens is 1. The summed E-state index contributed by atoms with van der Waals surface area (Å²) in [5.41, 5.74) is 7.21. The number of nitrogens with one attached hydrogen (secondary N) is 1. The van der Waals surface area contributed by atoms with E-state index in [1.807, 2.05) is 36.4 Å². The second-order valence-corrected chi connectivity index (χ2v) is 8.91. The highest BCUT2D eigenvalue weighted by Crippen LogP contribution is 2.49.